The van der Waals surface area contributed by atoms with Crippen molar-refractivity contribution in [1.82, 2.24) is 9.13 Å². The Morgan fingerprint density at radius 3 is 2.79 bits per heavy atom. The monoisotopic (exact) mass is 259 g/mol. The first kappa shape index (κ1) is 13.1. The number of rotatable bonds is 2. The molecule has 2 aromatic rings. The summed E-state index contributed by atoms with van der Waals surface area (Å²) in [5, 5.41) is 0. The quantitative estimate of drug-likeness (QED) is 0.807. The highest BCUT2D eigenvalue weighted by Crippen LogP contribution is 2.11. The number of hydrogen-bond donors (Lipinski definition) is 1. The fourth-order valence-electron chi connectivity index (χ4n) is 1.76. The predicted molar refractivity (Wildman–Crippen MR) is 71.1 cm³/mol. The van der Waals surface area contributed by atoms with Crippen LogP contribution in [-0.4, -0.2) is 15.7 Å². The summed E-state index contributed by atoms with van der Waals surface area (Å²) in [6, 6.07) is 4.35. The molecule has 0 radical (unpaired) electrons. The molecule has 1 aromatic heterocycles. The lowest BCUT2D eigenvalue weighted by molar-refractivity contribution is 0.625. The first-order chi connectivity index (χ1) is 9.11. The van der Waals surface area contributed by atoms with Crippen molar-refractivity contribution in [3.63, 3.8) is 0 Å². The Morgan fingerprint density at radius 2 is 2.16 bits per heavy atom. The number of imidazole rings is 1. The molecule has 1 heterocycles. The lowest BCUT2D eigenvalue weighted by atomic mass is 10.1. The van der Waals surface area contributed by atoms with E-state index in [1.165, 1.54) is 16.7 Å². The molecule has 0 unspecified atom stereocenters. The summed E-state index contributed by atoms with van der Waals surface area (Å²) in [4.78, 5) is 11.8. The van der Waals surface area contributed by atoms with Gasteiger partial charge in [0.2, 0.25) is 0 Å². The van der Waals surface area contributed by atoms with Crippen molar-refractivity contribution in [1.29, 1.82) is 0 Å². The summed E-state index contributed by atoms with van der Waals surface area (Å²) in [7, 11) is 1.68. The van der Waals surface area contributed by atoms with E-state index in [0.29, 0.717) is 12.1 Å². The van der Waals surface area contributed by atoms with Gasteiger partial charge in [0.25, 0.3) is 0 Å². The van der Waals surface area contributed by atoms with Crippen LogP contribution >= 0.6 is 0 Å². The summed E-state index contributed by atoms with van der Waals surface area (Å²) < 4.78 is 16.2. The smallest absolute Gasteiger partial charge is 0.320 e. The lowest BCUT2D eigenvalue weighted by Crippen LogP contribution is -2.22. The van der Waals surface area contributed by atoms with Crippen molar-refractivity contribution < 1.29 is 4.39 Å². The molecule has 0 aliphatic carbocycles. The molecule has 0 saturated heterocycles. The highest BCUT2D eigenvalue weighted by Gasteiger charge is 2.06. The van der Waals surface area contributed by atoms with E-state index in [1.807, 2.05) is 0 Å². The van der Waals surface area contributed by atoms with E-state index in [1.54, 1.807) is 30.1 Å². The lowest BCUT2D eigenvalue weighted by Gasteiger charge is -2.05. The zero-order valence-electron chi connectivity index (χ0n) is 10.6. The van der Waals surface area contributed by atoms with E-state index in [2.05, 4.69) is 11.8 Å². The molecule has 2 rings (SSSR count). The van der Waals surface area contributed by atoms with Gasteiger partial charge < -0.3 is 10.3 Å². The highest BCUT2D eigenvalue weighted by atomic mass is 19.1. The fourth-order valence-corrected chi connectivity index (χ4v) is 1.76. The second-order valence-electron chi connectivity index (χ2n) is 4.13. The normalized spacial score (nSPS) is 10.1. The first-order valence-corrected chi connectivity index (χ1v) is 5.81. The maximum Gasteiger partial charge on any atom is 0.328 e. The molecule has 4 nitrogen and oxygen atoms in total. The van der Waals surface area contributed by atoms with Crippen LogP contribution in [0.5, 0.6) is 0 Å². The maximum absolute atomic E-state index is 13.2. The first-order valence-electron chi connectivity index (χ1n) is 5.81. The topological polar surface area (TPSA) is 52.9 Å². The number of hydrogen-bond acceptors (Lipinski definition) is 2. The standard InChI is InChI=1S/C14H14FN3O/c1-17-7-8-18(14(17)19)10-12-4-5-13(15)9-11(12)3-2-6-16/h4-5,7-9H,6,10,16H2,1H3. The molecule has 2 N–H and O–H groups in total. The summed E-state index contributed by atoms with van der Waals surface area (Å²) in [6.07, 6.45) is 3.36. The Morgan fingerprint density at radius 1 is 1.37 bits per heavy atom. The molecule has 0 aliphatic heterocycles. The van der Waals surface area contributed by atoms with Crippen LogP contribution in [0.1, 0.15) is 11.1 Å². The minimum absolute atomic E-state index is 0.123. The average Bonchev–Trinajstić information content (AvgIpc) is 2.71. The molecular weight excluding hydrogens is 245 g/mol. The summed E-state index contributed by atoms with van der Waals surface area (Å²) in [5.74, 6) is 5.16. The zero-order valence-corrected chi connectivity index (χ0v) is 10.6. The van der Waals surface area contributed by atoms with Gasteiger partial charge in [-0.1, -0.05) is 17.9 Å². The molecule has 0 spiro atoms. The van der Waals surface area contributed by atoms with Crippen LogP contribution in [0.3, 0.4) is 0 Å². The number of halogens is 1. The van der Waals surface area contributed by atoms with E-state index >= 15 is 0 Å². The van der Waals surface area contributed by atoms with E-state index in [9.17, 15) is 9.18 Å². The maximum atomic E-state index is 13.2. The van der Waals surface area contributed by atoms with Crippen molar-refractivity contribution >= 4 is 0 Å². The molecule has 19 heavy (non-hydrogen) atoms. The van der Waals surface area contributed by atoms with E-state index in [-0.39, 0.29) is 18.1 Å². The van der Waals surface area contributed by atoms with Crippen molar-refractivity contribution in [3.8, 4) is 11.8 Å². The molecule has 0 atom stereocenters. The van der Waals surface area contributed by atoms with Crippen molar-refractivity contribution in [2.24, 2.45) is 12.8 Å². The summed E-state index contributed by atoms with van der Waals surface area (Å²) in [6.45, 7) is 0.565. The van der Waals surface area contributed by atoms with Crippen LogP contribution in [-0.2, 0) is 13.6 Å². The van der Waals surface area contributed by atoms with Crippen molar-refractivity contribution in [3.05, 3.63) is 58.0 Å². The summed E-state index contributed by atoms with van der Waals surface area (Å²) >= 11 is 0. The molecule has 98 valence electrons. The van der Waals surface area contributed by atoms with Gasteiger partial charge in [-0.2, -0.15) is 0 Å². The minimum atomic E-state index is -0.356. The number of nitrogens with two attached hydrogens (primary N) is 1. The Balaban J connectivity index is 2.39. The fraction of sp³-hybridized carbons (Fsp3) is 0.214. The van der Waals surface area contributed by atoms with Gasteiger partial charge in [-0.3, -0.25) is 4.57 Å². The molecule has 5 heteroatoms. The zero-order chi connectivity index (χ0) is 13.8. The van der Waals surface area contributed by atoms with E-state index in [4.69, 9.17) is 5.73 Å². The van der Waals surface area contributed by atoms with E-state index < -0.39 is 0 Å². The van der Waals surface area contributed by atoms with Gasteiger partial charge in [-0.15, -0.1) is 0 Å². The van der Waals surface area contributed by atoms with Crippen LogP contribution in [0, 0.1) is 17.7 Å². The second kappa shape index (κ2) is 5.55. The van der Waals surface area contributed by atoms with Crippen LogP contribution in [0.2, 0.25) is 0 Å². The molecule has 1 aromatic carbocycles. The Bertz CT molecular complexity index is 703. The van der Waals surface area contributed by atoms with Crippen molar-refractivity contribution in [2.75, 3.05) is 6.54 Å². The third kappa shape index (κ3) is 2.92. The van der Waals surface area contributed by atoms with Gasteiger partial charge in [-0.05, 0) is 17.7 Å². The Labute approximate surface area is 110 Å². The van der Waals surface area contributed by atoms with Gasteiger partial charge in [0.05, 0.1) is 13.1 Å². The number of aryl methyl sites for hydroxylation is 1. The molecule has 0 aliphatic rings. The number of nitrogens with zero attached hydrogens (tertiary/aromatic N) is 2. The minimum Gasteiger partial charge on any atom is -0.320 e. The molecule has 0 amide bonds. The number of aromatic nitrogens is 2. The van der Waals surface area contributed by atoms with Crippen LogP contribution in [0.4, 0.5) is 4.39 Å². The SMILES string of the molecule is Cn1ccn(Cc2ccc(F)cc2C#CCN)c1=O. The van der Waals surface area contributed by atoms with Crippen molar-refractivity contribution in [2.45, 2.75) is 6.54 Å². The van der Waals surface area contributed by atoms with Crippen LogP contribution in [0.25, 0.3) is 0 Å². The van der Waals surface area contributed by atoms with Gasteiger partial charge in [-0.25, -0.2) is 9.18 Å². The average molecular weight is 259 g/mol. The van der Waals surface area contributed by atoms with Crippen LogP contribution < -0.4 is 11.4 Å². The predicted octanol–water partition coefficient (Wildman–Crippen LogP) is 0.684. The third-order valence-electron chi connectivity index (χ3n) is 2.76. The summed E-state index contributed by atoms with van der Waals surface area (Å²) in [5.41, 5.74) is 6.54. The highest BCUT2D eigenvalue weighted by molar-refractivity contribution is 5.42. The van der Waals surface area contributed by atoms with Gasteiger partial charge in [0, 0.05) is 25.0 Å². The van der Waals surface area contributed by atoms with Gasteiger partial charge in [0.1, 0.15) is 5.82 Å². The second-order valence-corrected chi connectivity index (χ2v) is 4.13. The Hall–Kier alpha value is -2.32. The molecule has 0 fully saturated rings. The Kier molecular flexibility index (Phi) is 3.83. The van der Waals surface area contributed by atoms with Gasteiger partial charge >= 0.3 is 5.69 Å². The third-order valence-corrected chi connectivity index (χ3v) is 2.76. The number of benzene rings is 1. The van der Waals surface area contributed by atoms with Gasteiger partial charge in [0.15, 0.2) is 0 Å². The molecular formula is C14H14FN3O. The van der Waals surface area contributed by atoms with E-state index in [0.717, 1.165) is 5.56 Å². The largest absolute Gasteiger partial charge is 0.328 e. The van der Waals surface area contributed by atoms with Crippen LogP contribution in [0.15, 0.2) is 35.4 Å². The molecule has 0 bridgehead atoms. The molecule has 0 saturated carbocycles.